The zero-order valence-electron chi connectivity index (χ0n) is 9.14. The molecule has 5 nitrogen and oxygen atoms in total. The molecule has 0 aliphatic heterocycles. The Kier molecular flexibility index (Phi) is 3.04. The number of methoxy groups -OCH3 is 1. The Morgan fingerprint density at radius 1 is 1.29 bits per heavy atom. The number of halogens is 1. The summed E-state index contributed by atoms with van der Waals surface area (Å²) in [6, 6.07) is 4.39. The van der Waals surface area contributed by atoms with Crippen molar-refractivity contribution < 1.29 is 9.13 Å². The fourth-order valence-electron chi connectivity index (χ4n) is 1.27. The molecular weight excluding hydrogens is 223 g/mol. The predicted octanol–water partition coefficient (Wildman–Crippen LogP) is 1.95. The van der Waals surface area contributed by atoms with Gasteiger partial charge in [0.15, 0.2) is 11.6 Å². The number of anilines is 3. The molecule has 0 saturated heterocycles. The second-order valence-electron chi connectivity index (χ2n) is 3.31. The molecule has 17 heavy (non-hydrogen) atoms. The van der Waals surface area contributed by atoms with Crippen LogP contribution in [0.15, 0.2) is 30.6 Å². The van der Waals surface area contributed by atoms with Gasteiger partial charge in [-0.05, 0) is 12.1 Å². The van der Waals surface area contributed by atoms with Crippen molar-refractivity contribution in [1.29, 1.82) is 0 Å². The van der Waals surface area contributed by atoms with Crippen molar-refractivity contribution in [3.63, 3.8) is 0 Å². The Labute approximate surface area is 97.5 Å². The van der Waals surface area contributed by atoms with E-state index in [0.717, 1.165) is 0 Å². The first-order valence-electron chi connectivity index (χ1n) is 4.87. The number of hydrogen-bond donors (Lipinski definition) is 2. The first-order valence-corrected chi connectivity index (χ1v) is 4.87. The van der Waals surface area contributed by atoms with E-state index in [1.54, 1.807) is 6.07 Å². The van der Waals surface area contributed by atoms with Gasteiger partial charge >= 0.3 is 0 Å². The molecule has 0 aliphatic rings. The minimum absolute atomic E-state index is 0.158. The van der Waals surface area contributed by atoms with E-state index in [0.29, 0.717) is 17.3 Å². The largest absolute Gasteiger partial charge is 0.494 e. The van der Waals surface area contributed by atoms with Crippen LogP contribution in [0.4, 0.5) is 21.7 Å². The molecule has 2 rings (SSSR count). The van der Waals surface area contributed by atoms with E-state index in [1.807, 2.05) is 0 Å². The first kappa shape index (κ1) is 11.1. The summed E-state index contributed by atoms with van der Waals surface area (Å²) < 4.78 is 18.0. The topological polar surface area (TPSA) is 73.1 Å². The zero-order valence-corrected chi connectivity index (χ0v) is 9.14. The van der Waals surface area contributed by atoms with Crippen molar-refractivity contribution in [3.8, 4) is 5.75 Å². The third kappa shape index (κ3) is 2.60. The molecule has 0 unspecified atom stereocenters. The van der Waals surface area contributed by atoms with Crippen LogP contribution in [0.1, 0.15) is 0 Å². The highest BCUT2D eigenvalue weighted by Gasteiger charge is 2.04. The van der Waals surface area contributed by atoms with E-state index in [1.165, 1.54) is 31.6 Å². The van der Waals surface area contributed by atoms with Crippen LogP contribution in [0.3, 0.4) is 0 Å². The van der Waals surface area contributed by atoms with Crippen LogP contribution in [0.2, 0.25) is 0 Å². The Bertz CT molecular complexity index is 515. The lowest BCUT2D eigenvalue weighted by Crippen LogP contribution is -1.98. The van der Waals surface area contributed by atoms with Crippen molar-refractivity contribution in [2.45, 2.75) is 0 Å². The van der Waals surface area contributed by atoms with Crippen LogP contribution in [0.5, 0.6) is 5.75 Å². The van der Waals surface area contributed by atoms with E-state index in [-0.39, 0.29) is 5.75 Å². The third-order valence-electron chi connectivity index (χ3n) is 2.08. The summed E-state index contributed by atoms with van der Waals surface area (Å²) >= 11 is 0. The van der Waals surface area contributed by atoms with E-state index in [9.17, 15) is 4.39 Å². The molecule has 2 aromatic rings. The van der Waals surface area contributed by atoms with Crippen molar-refractivity contribution in [2.75, 3.05) is 18.2 Å². The summed E-state index contributed by atoms with van der Waals surface area (Å²) in [4.78, 5) is 7.94. The van der Waals surface area contributed by atoms with Gasteiger partial charge in [-0.25, -0.2) is 14.4 Å². The summed E-state index contributed by atoms with van der Waals surface area (Å²) in [7, 11) is 1.40. The van der Waals surface area contributed by atoms with Gasteiger partial charge in [0.05, 0.1) is 25.2 Å². The van der Waals surface area contributed by atoms with Gasteiger partial charge in [0.2, 0.25) is 5.95 Å². The Morgan fingerprint density at radius 3 is 2.65 bits per heavy atom. The second-order valence-corrected chi connectivity index (χ2v) is 3.31. The minimum Gasteiger partial charge on any atom is -0.494 e. The Hall–Kier alpha value is -2.37. The molecule has 0 saturated carbocycles. The molecule has 3 N–H and O–H groups in total. The van der Waals surface area contributed by atoms with Gasteiger partial charge in [-0.3, -0.25) is 0 Å². The van der Waals surface area contributed by atoms with Gasteiger partial charge in [0.25, 0.3) is 0 Å². The number of nitrogens with two attached hydrogens (primary N) is 1. The van der Waals surface area contributed by atoms with Crippen LogP contribution in [0, 0.1) is 5.82 Å². The van der Waals surface area contributed by atoms with E-state index in [2.05, 4.69) is 15.3 Å². The maximum Gasteiger partial charge on any atom is 0.227 e. The Balaban J connectivity index is 2.21. The van der Waals surface area contributed by atoms with Gasteiger partial charge in [0.1, 0.15) is 0 Å². The normalized spacial score (nSPS) is 10.0. The molecule has 1 heterocycles. The number of nitrogens with one attached hydrogen (secondary N) is 1. The Morgan fingerprint density at radius 2 is 2.00 bits per heavy atom. The molecule has 88 valence electrons. The van der Waals surface area contributed by atoms with E-state index in [4.69, 9.17) is 10.5 Å². The van der Waals surface area contributed by atoms with Crippen LogP contribution in [-0.4, -0.2) is 17.1 Å². The number of rotatable bonds is 3. The van der Waals surface area contributed by atoms with Crippen molar-refractivity contribution in [1.82, 2.24) is 9.97 Å². The molecule has 0 bridgehead atoms. The number of nitrogen functional groups attached to an aromatic ring is 1. The molecule has 0 atom stereocenters. The summed E-state index contributed by atoms with van der Waals surface area (Å²) in [5, 5.41) is 2.91. The van der Waals surface area contributed by atoms with Crippen LogP contribution >= 0.6 is 0 Å². The van der Waals surface area contributed by atoms with Gasteiger partial charge < -0.3 is 15.8 Å². The van der Waals surface area contributed by atoms with Crippen LogP contribution in [-0.2, 0) is 0 Å². The number of benzene rings is 1. The fraction of sp³-hybridized carbons (Fsp3) is 0.0909. The second kappa shape index (κ2) is 4.65. The lowest BCUT2D eigenvalue weighted by Gasteiger charge is -2.07. The standard InChI is InChI=1S/C11H11FN4O/c1-17-10-4-8(2-3-9(10)12)16-11-14-5-7(13)6-15-11/h2-6H,13H2,1H3,(H,14,15,16). The zero-order chi connectivity index (χ0) is 12.3. The number of aromatic nitrogens is 2. The highest BCUT2D eigenvalue weighted by molar-refractivity contribution is 5.56. The number of ether oxygens (including phenoxy) is 1. The lowest BCUT2D eigenvalue weighted by atomic mass is 10.3. The SMILES string of the molecule is COc1cc(Nc2ncc(N)cn2)ccc1F. The summed E-state index contributed by atoms with van der Waals surface area (Å²) in [6.07, 6.45) is 2.96. The van der Waals surface area contributed by atoms with Crippen LogP contribution in [0.25, 0.3) is 0 Å². The summed E-state index contributed by atoms with van der Waals surface area (Å²) in [6.45, 7) is 0. The maximum atomic E-state index is 13.2. The smallest absolute Gasteiger partial charge is 0.227 e. The molecule has 0 radical (unpaired) electrons. The molecule has 1 aromatic heterocycles. The quantitative estimate of drug-likeness (QED) is 0.849. The lowest BCUT2D eigenvalue weighted by molar-refractivity contribution is 0.387. The van der Waals surface area contributed by atoms with Gasteiger partial charge in [-0.2, -0.15) is 0 Å². The monoisotopic (exact) mass is 234 g/mol. The molecule has 0 aliphatic carbocycles. The molecule has 0 spiro atoms. The molecular formula is C11H11FN4O. The van der Waals surface area contributed by atoms with Crippen LogP contribution < -0.4 is 15.8 Å². The van der Waals surface area contributed by atoms with E-state index < -0.39 is 5.82 Å². The van der Waals surface area contributed by atoms with Crippen molar-refractivity contribution in [3.05, 3.63) is 36.4 Å². The average Bonchev–Trinajstić information content (AvgIpc) is 2.34. The minimum atomic E-state index is -0.420. The average molecular weight is 234 g/mol. The molecule has 0 fully saturated rings. The fourth-order valence-corrected chi connectivity index (χ4v) is 1.27. The third-order valence-corrected chi connectivity index (χ3v) is 2.08. The summed E-state index contributed by atoms with van der Waals surface area (Å²) in [5.41, 5.74) is 6.57. The summed E-state index contributed by atoms with van der Waals surface area (Å²) in [5.74, 6) is 0.120. The highest BCUT2D eigenvalue weighted by atomic mass is 19.1. The van der Waals surface area contributed by atoms with Gasteiger partial charge in [-0.1, -0.05) is 0 Å². The molecule has 0 amide bonds. The molecule has 1 aromatic carbocycles. The van der Waals surface area contributed by atoms with Gasteiger partial charge in [-0.15, -0.1) is 0 Å². The maximum absolute atomic E-state index is 13.2. The highest BCUT2D eigenvalue weighted by Crippen LogP contribution is 2.23. The van der Waals surface area contributed by atoms with Gasteiger partial charge in [0, 0.05) is 11.8 Å². The predicted molar refractivity (Wildman–Crippen MR) is 62.7 cm³/mol. The number of nitrogens with zero attached hydrogens (tertiary/aromatic N) is 2. The first-order chi connectivity index (χ1) is 8.19. The van der Waals surface area contributed by atoms with Crippen molar-refractivity contribution in [2.24, 2.45) is 0 Å². The van der Waals surface area contributed by atoms with Crippen molar-refractivity contribution >= 4 is 17.3 Å². The van der Waals surface area contributed by atoms with E-state index >= 15 is 0 Å². The molecule has 6 heteroatoms. The number of hydrogen-bond acceptors (Lipinski definition) is 5.